The van der Waals surface area contributed by atoms with Crippen LogP contribution in [0.2, 0.25) is 0 Å². The molecule has 21 heavy (non-hydrogen) atoms. The second-order valence-electron chi connectivity index (χ2n) is 5.92. The van der Waals surface area contributed by atoms with E-state index in [0.29, 0.717) is 11.6 Å². The minimum atomic E-state index is -0.188. The second-order valence-corrected chi connectivity index (χ2v) is 5.92. The van der Waals surface area contributed by atoms with Gasteiger partial charge in [0.05, 0.1) is 0 Å². The molecule has 5 nitrogen and oxygen atoms in total. The number of aromatic nitrogens is 2. The Morgan fingerprint density at radius 1 is 1.33 bits per heavy atom. The molecule has 1 aliphatic rings. The van der Waals surface area contributed by atoms with Crippen LogP contribution in [0.4, 0.5) is 5.82 Å². The number of hydrogen-bond acceptors (Lipinski definition) is 5. The molecule has 0 bridgehead atoms. The summed E-state index contributed by atoms with van der Waals surface area (Å²) in [7, 11) is 0. The highest BCUT2D eigenvalue weighted by molar-refractivity contribution is 5.50. The van der Waals surface area contributed by atoms with E-state index in [0.717, 1.165) is 23.6 Å². The molecule has 3 rings (SSSR count). The summed E-state index contributed by atoms with van der Waals surface area (Å²) in [6.07, 6.45) is 0.882. The van der Waals surface area contributed by atoms with Crippen molar-refractivity contribution in [3.05, 3.63) is 41.3 Å². The van der Waals surface area contributed by atoms with Crippen LogP contribution in [0.5, 0.6) is 11.5 Å². The van der Waals surface area contributed by atoms with E-state index < -0.39 is 0 Å². The van der Waals surface area contributed by atoms with Crippen LogP contribution in [-0.4, -0.2) is 15.6 Å². The Kier molecular flexibility index (Phi) is 3.20. The Labute approximate surface area is 124 Å². The van der Waals surface area contributed by atoms with Crippen LogP contribution in [0.3, 0.4) is 0 Å². The summed E-state index contributed by atoms with van der Waals surface area (Å²) in [5, 5.41) is 0. The van der Waals surface area contributed by atoms with E-state index in [1.54, 1.807) is 6.07 Å². The van der Waals surface area contributed by atoms with Crippen molar-refractivity contribution in [3.63, 3.8) is 0 Å². The van der Waals surface area contributed by atoms with Gasteiger partial charge in [0, 0.05) is 23.7 Å². The lowest BCUT2D eigenvalue weighted by Crippen LogP contribution is -2.24. The molecule has 0 saturated heterocycles. The molecule has 0 radical (unpaired) electrons. The van der Waals surface area contributed by atoms with Gasteiger partial charge < -0.3 is 15.2 Å². The van der Waals surface area contributed by atoms with Crippen LogP contribution in [0, 0.1) is 6.92 Å². The van der Waals surface area contributed by atoms with Gasteiger partial charge in [0.2, 0.25) is 0 Å². The van der Waals surface area contributed by atoms with E-state index in [4.69, 9.17) is 15.2 Å². The fourth-order valence-electron chi connectivity index (χ4n) is 2.56. The maximum Gasteiger partial charge on any atom is 0.168 e. The van der Waals surface area contributed by atoms with Crippen molar-refractivity contribution in [2.45, 2.75) is 39.4 Å². The van der Waals surface area contributed by atoms with Gasteiger partial charge in [-0.15, -0.1) is 0 Å². The highest BCUT2D eigenvalue weighted by atomic mass is 16.5. The van der Waals surface area contributed by atoms with E-state index in [-0.39, 0.29) is 12.2 Å². The Hall–Kier alpha value is -2.30. The predicted molar refractivity (Wildman–Crippen MR) is 80.4 cm³/mol. The first-order valence-corrected chi connectivity index (χ1v) is 6.97. The summed E-state index contributed by atoms with van der Waals surface area (Å²) in [5.74, 6) is 2.57. The zero-order chi connectivity index (χ0) is 15.0. The topological polar surface area (TPSA) is 70.3 Å². The summed E-state index contributed by atoms with van der Waals surface area (Å²) < 4.78 is 11.8. The van der Waals surface area contributed by atoms with Gasteiger partial charge in [-0.25, -0.2) is 9.97 Å². The zero-order valence-electron chi connectivity index (χ0n) is 12.5. The predicted octanol–water partition coefficient (Wildman–Crippen LogP) is 2.66. The summed E-state index contributed by atoms with van der Waals surface area (Å²) in [4.78, 5) is 8.49. The van der Waals surface area contributed by atoms with E-state index in [1.165, 1.54) is 5.56 Å². The van der Waals surface area contributed by atoms with Crippen LogP contribution < -0.4 is 15.2 Å². The Morgan fingerprint density at radius 3 is 2.90 bits per heavy atom. The molecule has 0 unspecified atom stereocenters. The quantitative estimate of drug-likeness (QED) is 0.938. The van der Waals surface area contributed by atoms with E-state index in [2.05, 4.69) is 29.9 Å². The normalized spacial score (nSPS) is 15.4. The standard InChI is InChI=1S/C16H19N3O2/c1-10-7-13(17)19-14(18-10)9-20-12-6-4-5-11-8-16(2,3)21-15(11)12/h4-7H,8-9H2,1-3H3,(H2,17,18,19). The SMILES string of the molecule is Cc1cc(N)nc(COc2cccc3c2OC(C)(C)C3)n1. The van der Waals surface area contributed by atoms with Crippen molar-refractivity contribution in [3.8, 4) is 11.5 Å². The lowest BCUT2D eigenvalue weighted by molar-refractivity contribution is 0.131. The number of rotatable bonds is 3. The minimum absolute atomic E-state index is 0.188. The van der Waals surface area contributed by atoms with Gasteiger partial charge in [-0.1, -0.05) is 12.1 Å². The lowest BCUT2D eigenvalue weighted by atomic mass is 10.0. The maximum atomic E-state index is 5.97. The first-order chi connectivity index (χ1) is 9.93. The molecule has 2 aromatic rings. The third-order valence-corrected chi connectivity index (χ3v) is 3.33. The van der Waals surface area contributed by atoms with Gasteiger partial charge in [-0.3, -0.25) is 0 Å². The van der Waals surface area contributed by atoms with Crippen molar-refractivity contribution in [1.29, 1.82) is 0 Å². The van der Waals surface area contributed by atoms with E-state index >= 15 is 0 Å². The van der Waals surface area contributed by atoms with E-state index in [9.17, 15) is 0 Å². The highest BCUT2D eigenvalue weighted by Crippen LogP contribution is 2.41. The molecule has 2 heterocycles. The smallest absolute Gasteiger partial charge is 0.168 e. The molecule has 2 N–H and O–H groups in total. The molecule has 0 amide bonds. The fraction of sp³-hybridized carbons (Fsp3) is 0.375. The first-order valence-electron chi connectivity index (χ1n) is 6.97. The van der Waals surface area contributed by atoms with Crippen molar-refractivity contribution < 1.29 is 9.47 Å². The fourth-order valence-corrected chi connectivity index (χ4v) is 2.56. The van der Waals surface area contributed by atoms with Gasteiger partial charge in [0.25, 0.3) is 0 Å². The van der Waals surface area contributed by atoms with Crippen LogP contribution in [-0.2, 0) is 13.0 Å². The third-order valence-electron chi connectivity index (χ3n) is 3.33. The molecule has 5 heteroatoms. The first kappa shape index (κ1) is 13.7. The molecule has 0 spiro atoms. The van der Waals surface area contributed by atoms with Gasteiger partial charge >= 0.3 is 0 Å². The van der Waals surface area contributed by atoms with Gasteiger partial charge in [0.15, 0.2) is 17.3 Å². The number of nitrogen functional groups attached to an aromatic ring is 1. The molecule has 1 aromatic carbocycles. The second kappa shape index (κ2) is 4.91. The molecule has 0 aliphatic carbocycles. The highest BCUT2D eigenvalue weighted by Gasteiger charge is 2.32. The van der Waals surface area contributed by atoms with Crippen LogP contribution in [0.25, 0.3) is 0 Å². The number of nitrogens with two attached hydrogens (primary N) is 1. The number of benzene rings is 1. The molecule has 1 aliphatic heterocycles. The Bertz CT molecular complexity index is 663. The van der Waals surface area contributed by atoms with Gasteiger partial charge in [-0.2, -0.15) is 0 Å². The summed E-state index contributed by atoms with van der Waals surface area (Å²) >= 11 is 0. The van der Waals surface area contributed by atoms with E-state index in [1.807, 2.05) is 19.1 Å². The monoisotopic (exact) mass is 285 g/mol. The average molecular weight is 285 g/mol. The third kappa shape index (κ3) is 2.91. The molecule has 0 saturated carbocycles. The number of hydrogen-bond donors (Lipinski definition) is 1. The van der Waals surface area contributed by atoms with Crippen molar-refractivity contribution in [2.75, 3.05) is 5.73 Å². The number of anilines is 1. The molecule has 0 fully saturated rings. The summed E-state index contributed by atoms with van der Waals surface area (Å²) in [6.45, 7) is 6.29. The van der Waals surface area contributed by atoms with Crippen LogP contribution >= 0.6 is 0 Å². The summed E-state index contributed by atoms with van der Waals surface area (Å²) in [5.41, 5.74) is 7.53. The minimum Gasteiger partial charge on any atom is -0.483 e. The van der Waals surface area contributed by atoms with Crippen molar-refractivity contribution >= 4 is 5.82 Å². The maximum absolute atomic E-state index is 5.97. The molecule has 0 atom stereocenters. The zero-order valence-corrected chi connectivity index (χ0v) is 12.5. The number of ether oxygens (including phenoxy) is 2. The average Bonchev–Trinajstić information content (AvgIpc) is 2.69. The molecule has 110 valence electrons. The van der Waals surface area contributed by atoms with Crippen molar-refractivity contribution in [1.82, 2.24) is 9.97 Å². The Balaban J connectivity index is 1.79. The summed E-state index contributed by atoms with van der Waals surface area (Å²) in [6, 6.07) is 7.68. The van der Waals surface area contributed by atoms with Crippen molar-refractivity contribution in [2.24, 2.45) is 0 Å². The molecule has 1 aromatic heterocycles. The number of fused-ring (bicyclic) bond motifs is 1. The van der Waals surface area contributed by atoms with Crippen LogP contribution in [0.15, 0.2) is 24.3 Å². The number of para-hydroxylation sites is 1. The number of nitrogens with zero attached hydrogens (tertiary/aromatic N) is 2. The number of aryl methyl sites for hydroxylation is 1. The lowest BCUT2D eigenvalue weighted by Gasteiger charge is -2.18. The van der Waals surface area contributed by atoms with Gasteiger partial charge in [0.1, 0.15) is 18.0 Å². The van der Waals surface area contributed by atoms with Crippen LogP contribution in [0.1, 0.15) is 30.9 Å². The largest absolute Gasteiger partial charge is 0.483 e. The van der Waals surface area contributed by atoms with Gasteiger partial charge in [-0.05, 0) is 26.8 Å². The Morgan fingerprint density at radius 2 is 2.14 bits per heavy atom. The molecular formula is C16H19N3O2. The molecular weight excluding hydrogens is 266 g/mol.